The third-order valence-electron chi connectivity index (χ3n) is 4.17. The van der Waals surface area contributed by atoms with Crippen LogP contribution in [0.4, 0.5) is 10.1 Å². The first-order valence-electron chi connectivity index (χ1n) is 8.71. The highest BCUT2D eigenvalue weighted by Crippen LogP contribution is 2.23. The highest BCUT2D eigenvalue weighted by molar-refractivity contribution is 5.97. The van der Waals surface area contributed by atoms with Crippen molar-refractivity contribution in [3.63, 3.8) is 0 Å². The van der Waals surface area contributed by atoms with Crippen LogP contribution in [0.3, 0.4) is 0 Å². The van der Waals surface area contributed by atoms with Crippen LogP contribution in [0.2, 0.25) is 0 Å². The Balaban J connectivity index is 2.12. The number of nitro benzene ring substituents is 1. The molecule has 2 aromatic rings. The van der Waals surface area contributed by atoms with Crippen LogP contribution >= 0.6 is 0 Å². The fourth-order valence-corrected chi connectivity index (χ4v) is 2.57. The largest absolute Gasteiger partial charge is 0.456 e. The van der Waals surface area contributed by atoms with E-state index in [9.17, 15) is 24.1 Å². The number of hydrogen-bond acceptors (Lipinski definition) is 5. The Bertz CT molecular complexity index is 884. The zero-order valence-corrected chi connectivity index (χ0v) is 15.7. The summed E-state index contributed by atoms with van der Waals surface area (Å²) in [6.07, 6.45) is -0.765. The molecule has 0 fully saturated rings. The van der Waals surface area contributed by atoms with Crippen LogP contribution in [0, 0.1) is 21.8 Å². The number of carbonyl (C=O) groups is 2. The number of rotatable bonds is 7. The summed E-state index contributed by atoms with van der Waals surface area (Å²) in [5.41, 5.74) is 0.159. The molecule has 28 heavy (non-hydrogen) atoms. The van der Waals surface area contributed by atoms with E-state index < -0.39 is 34.8 Å². The van der Waals surface area contributed by atoms with Crippen molar-refractivity contribution in [3.8, 4) is 0 Å². The van der Waals surface area contributed by atoms with Gasteiger partial charge < -0.3 is 10.1 Å². The van der Waals surface area contributed by atoms with Crippen molar-refractivity contribution in [2.45, 2.75) is 32.9 Å². The number of amides is 1. The van der Waals surface area contributed by atoms with Gasteiger partial charge in [0.05, 0.1) is 10.5 Å². The highest BCUT2D eigenvalue weighted by Gasteiger charge is 2.28. The molecule has 7 nitrogen and oxygen atoms in total. The van der Waals surface area contributed by atoms with E-state index in [-0.39, 0.29) is 17.2 Å². The summed E-state index contributed by atoms with van der Waals surface area (Å²) in [6, 6.07) is 10.2. The monoisotopic (exact) mass is 388 g/mol. The summed E-state index contributed by atoms with van der Waals surface area (Å²) in [4.78, 5) is 35.3. The second-order valence-electron chi connectivity index (χ2n) is 6.61. The minimum atomic E-state index is -1.01. The molecule has 0 spiro atoms. The van der Waals surface area contributed by atoms with Gasteiger partial charge in [0.15, 0.2) is 0 Å². The Morgan fingerprint density at radius 1 is 1.11 bits per heavy atom. The third kappa shape index (κ3) is 5.12. The number of halogens is 1. The molecule has 0 bridgehead atoms. The minimum absolute atomic E-state index is 0.117. The Kier molecular flexibility index (Phi) is 6.81. The standard InChI is InChI=1S/C20H21FN2O5/c1-12(2)18(22-19(24)16-9-4-5-10-17(16)21)20(25)28-13(3)14-7-6-8-15(11-14)23(26)27/h4-13,18H,1-3H3,(H,22,24)/t13-,18-/m0/s1. The number of hydrogen-bond donors (Lipinski definition) is 1. The molecule has 0 aliphatic carbocycles. The summed E-state index contributed by atoms with van der Waals surface area (Å²) >= 11 is 0. The molecule has 0 radical (unpaired) electrons. The van der Waals surface area contributed by atoms with Crippen molar-refractivity contribution in [1.82, 2.24) is 5.32 Å². The molecule has 0 unspecified atom stereocenters. The van der Waals surface area contributed by atoms with Gasteiger partial charge in [0.2, 0.25) is 0 Å². The summed E-state index contributed by atoms with van der Waals surface area (Å²) in [7, 11) is 0. The van der Waals surface area contributed by atoms with E-state index in [1.165, 1.54) is 36.4 Å². The van der Waals surface area contributed by atoms with Gasteiger partial charge in [-0.15, -0.1) is 0 Å². The predicted octanol–water partition coefficient (Wildman–Crippen LogP) is 3.79. The van der Waals surface area contributed by atoms with Crippen LogP contribution < -0.4 is 5.32 Å². The lowest BCUT2D eigenvalue weighted by Crippen LogP contribution is -2.45. The maximum absolute atomic E-state index is 13.8. The molecule has 0 saturated heterocycles. The van der Waals surface area contributed by atoms with E-state index >= 15 is 0 Å². The minimum Gasteiger partial charge on any atom is -0.456 e. The third-order valence-corrected chi connectivity index (χ3v) is 4.17. The molecular weight excluding hydrogens is 367 g/mol. The molecule has 8 heteroatoms. The highest BCUT2D eigenvalue weighted by atomic mass is 19.1. The first-order valence-corrected chi connectivity index (χ1v) is 8.71. The molecule has 2 atom stereocenters. The SMILES string of the molecule is CC(C)[C@H](NC(=O)c1ccccc1F)C(=O)O[C@@H](C)c1cccc([N+](=O)[O-])c1. The Morgan fingerprint density at radius 3 is 2.39 bits per heavy atom. The van der Waals surface area contributed by atoms with Crippen molar-refractivity contribution >= 4 is 17.6 Å². The molecule has 148 valence electrons. The lowest BCUT2D eigenvalue weighted by Gasteiger charge is -2.23. The quantitative estimate of drug-likeness (QED) is 0.442. The molecule has 0 aromatic heterocycles. The van der Waals surface area contributed by atoms with Gasteiger partial charge in [-0.1, -0.05) is 38.1 Å². The predicted molar refractivity (Wildman–Crippen MR) is 100 cm³/mol. The number of ether oxygens (including phenoxy) is 1. The number of nitrogens with one attached hydrogen (secondary N) is 1. The lowest BCUT2D eigenvalue weighted by molar-refractivity contribution is -0.385. The average molecular weight is 388 g/mol. The summed E-state index contributed by atoms with van der Waals surface area (Å²) in [5.74, 6) is -2.45. The van der Waals surface area contributed by atoms with Crippen molar-refractivity contribution in [2.24, 2.45) is 5.92 Å². The summed E-state index contributed by atoms with van der Waals surface area (Å²) in [6.45, 7) is 5.00. The smallest absolute Gasteiger partial charge is 0.329 e. The van der Waals surface area contributed by atoms with E-state index in [0.29, 0.717) is 5.56 Å². The number of esters is 1. The molecular formula is C20H21FN2O5. The van der Waals surface area contributed by atoms with Gasteiger partial charge in [-0.05, 0) is 30.5 Å². The fourth-order valence-electron chi connectivity index (χ4n) is 2.57. The zero-order valence-electron chi connectivity index (χ0n) is 15.7. The van der Waals surface area contributed by atoms with Crippen molar-refractivity contribution in [3.05, 3.63) is 75.6 Å². The van der Waals surface area contributed by atoms with Crippen LogP contribution in [-0.4, -0.2) is 22.8 Å². The van der Waals surface area contributed by atoms with Gasteiger partial charge in [-0.25, -0.2) is 9.18 Å². The van der Waals surface area contributed by atoms with Crippen LogP contribution in [0.25, 0.3) is 0 Å². The number of non-ortho nitro benzene ring substituents is 1. The van der Waals surface area contributed by atoms with E-state index in [1.54, 1.807) is 26.8 Å². The van der Waals surface area contributed by atoms with Gasteiger partial charge in [0.1, 0.15) is 18.0 Å². The molecule has 1 amide bonds. The van der Waals surface area contributed by atoms with Crippen molar-refractivity contribution in [2.75, 3.05) is 0 Å². The average Bonchev–Trinajstić information content (AvgIpc) is 2.65. The molecule has 2 rings (SSSR count). The Morgan fingerprint density at radius 2 is 1.79 bits per heavy atom. The van der Waals surface area contributed by atoms with Crippen LogP contribution in [-0.2, 0) is 9.53 Å². The van der Waals surface area contributed by atoms with Crippen LogP contribution in [0.1, 0.15) is 42.8 Å². The Hall–Kier alpha value is -3.29. The molecule has 2 aromatic carbocycles. The number of nitro groups is 1. The maximum Gasteiger partial charge on any atom is 0.329 e. The molecule has 1 N–H and O–H groups in total. The first-order chi connectivity index (χ1) is 13.2. The van der Waals surface area contributed by atoms with Gasteiger partial charge in [0.25, 0.3) is 11.6 Å². The lowest BCUT2D eigenvalue weighted by atomic mass is 10.0. The van der Waals surface area contributed by atoms with Crippen LogP contribution in [0.15, 0.2) is 48.5 Å². The normalized spacial score (nSPS) is 12.9. The summed E-state index contributed by atoms with van der Waals surface area (Å²) in [5, 5.41) is 13.4. The van der Waals surface area contributed by atoms with Gasteiger partial charge in [-0.2, -0.15) is 0 Å². The molecule has 0 heterocycles. The van der Waals surface area contributed by atoms with Gasteiger partial charge in [0, 0.05) is 12.1 Å². The van der Waals surface area contributed by atoms with Gasteiger partial charge in [-0.3, -0.25) is 14.9 Å². The molecule has 0 aliphatic heterocycles. The fraction of sp³-hybridized carbons (Fsp3) is 0.300. The van der Waals surface area contributed by atoms with E-state index in [4.69, 9.17) is 4.74 Å². The first kappa shape index (κ1) is 21.0. The van der Waals surface area contributed by atoms with E-state index in [2.05, 4.69) is 5.32 Å². The number of benzene rings is 2. The second kappa shape index (κ2) is 9.07. The second-order valence-corrected chi connectivity index (χ2v) is 6.61. The Labute approximate surface area is 161 Å². The van der Waals surface area contributed by atoms with Crippen molar-refractivity contribution < 1.29 is 23.6 Å². The number of nitrogens with zero attached hydrogens (tertiary/aromatic N) is 1. The summed E-state index contributed by atoms with van der Waals surface area (Å²) < 4.78 is 19.2. The zero-order chi connectivity index (χ0) is 20.8. The van der Waals surface area contributed by atoms with E-state index in [0.717, 1.165) is 6.07 Å². The van der Waals surface area contributed by atoms with E-state index in [1.807, 2.05) is 0 Å². The van der Waals surface area contributed by atoms with Crippen LogP contribution in [0.5, 0.6) is 0 Å². The maximum atomic E-state index is 13.8. The number of carbonyl (C=O) groups excluding carboxylic acids is 2. The topological polar surface area (TPSA) is 98.5 Å². The van der Waals surface area contributed by atoms with Gasteiger partial charge >= 0.3 is 5.97 Å². The molecule has 0 aliphatic rings. The van der Waals surface area contributed by atoms with Crippen molar-refractivity contribution in [1.29, 1.82) is 0 Å². The molecule has 0 saturated carbocycles.